The zero-order valence-electron chi connectivity index (χ0n) is 13.8. The van der Waals surface area contributed by atoms with Crippen molar-refractivity contribution >= 4 is 17.3 Å². The summed E-state index contributed by atoms with van der Waals surface area (Å²) in [6.07, 6.45) is 1.88. The number of aromatic nitrogens is 1. The van der Waals surface area contributed by atoms with E-state index in [4.69, 9.17) is 9.47 Å². The van der Waals surface area contributed by atoms with Gasteiger partial charge in [0.15, 0.2) is 17.5 Å². The zero-order chi connectivity index (χ0) is 16.7. The molecule has 0 bridgehead atoms. The van der Waals surface area contributed by atoms with Crippen molar-refractivity contribution in [2.75, 3.05) is 21.3 Å². The van der Waals surface area contributed by atoms with E-state index >= 15 is 0 Å². The van der Waals surface area contributed by atoms with Gasteiger partial charge in [0, 0.05) is 24.7 Å². The number of aryl methyl sites for hydroxylation is 1. The van der Waals surface area contributed by atoms with Gasteiger partial charge in [-0.2, -0.15) is 0 Å². The molecule has 0 aliphatic heterocycles. The zero-order valence-corrected chi connectivity index (χ0v) is 14.7. The second-order valence-electron chi connectivity index (χ2n) is 4.81. The van der Waals surface area contributed by atoms with Gasteiger partial charge in [0.1, 0.15) is 0 Å². The number of hydrogen-bond donors (Lipinski definition) is 2. The predicted octanol–water partition coefficient (Wildman–Crippen LogP) is 2.33. The maximum absolute atomic E-state index is 5.31. The summed E-state index contributed by atoms with van der Waals surface area (Å²) in [5.41, 5.74) is 1.08. The number of nitrogens with zero attached hydrogens (tertiary/aromatic N) is 2. The number of benzene rings is 1. The average molecular weight is 334 g/mol. The van der Waals surface area contributed by atoms with Gasteiger partial charge >= 0.3 is 0 Å². The second-order valence-corrected chi connectivity index (χ2v) is 6.13. The summed E-state index contributed by atoms with van der Waals surface area (Å²) in [4.78, 5) is 9.64. The van der Waals surface area contributed by atoms with E-state index in [1.807, 2.05) is 31.3 Å². The molecule has 0 saturated carbocycles. The van der Waals surface area contributed by atoms with Gasteiger partial charge in [0.05, 0.1) is 25.8 Å². The van der Waals surface area contributed by atoms with Gasteiger partial charge < -0.3 is 20.1 Å². The Morgan fingerprint density at radius 3 is 2.52 bits per heavy atom. The van der Waals surface area contributed by atoms with Crippen LogP contribution in [0.3, 0.4) is 0 Å². The van der Waals surface area contributed by atoms with Gasteiger partial charge in [-0.25, -0.2) is 4.98 Å². The van der Waals surface area contributed by atoms with E-state index < -0.39 is 0 Å². The van der Waals surface area contributed by atoms with Crippen molar-refractivity contribution in [3.8, 4) is 11.5 Å². The van der Waals surface area contributed by atoms with Crippen LogP contribution in [0.15, 0.2) is 29.4 Å². The van der Waals surface area contributed by atoms with E-state index in [-0.39, 0.29) is 0 Å². The van der Waals surface area contributed by atoms with Crippen molar-refractivity contribution in [1.82, 2.24) is 15.6 Å². The molecule has 0 aliphatic carbocycles. The molecule has 7 heteroatoms. The highest BCUT2D eigenvalue weighted by molar-refractivity contribution is 7.11. The number of rotatable bonds is 6. The highest BCUT2D eigenvalue weighted by Gasteiger charge is 2.06. The Morgan fingerprint density at radius 2 is 1.91 bits per heavy atom. The predicted molar refractivity (Wildman–Crippen MR) is 93.4 cm³/mol. The van der Waals surface area contributed by atoms with Crippen LogP contribution in [-0.4, -0.2) is 32.2 Å². The molecule has 124 valence electrons. The summed E-state index contributed by atoms with van der Waals surface area (Å²) in [5.74, 6) is 2.18. The summed E-state index contributed by atoms with van der Waals surface area (Å²) < 4.78 is 10.6. The van der Waals surface area contributed by atoms with E-state index in [9.17, 15) is 0 Å². The lowest BCUT2D eigenvalue weighted by Gasteiger charge is -2.13. The molecule has 1 heterocycles. The van der Waals surface area contributed by atoms with Crippen molar-refractivity contribution in [3.63, 3.8) is 0 Å². The summed E-state index contributed by atoms with van der Waals surface area (Å²) in [5, 5.41) is 7.62. The van der Waals surface area contributed by atoms with Gasteiger partial charge in [-0.3, -0.25) is 4.99 Å². The molecule has 0 saturated heterocycles. The molecule has 2 N–H and O–H groups in total. The molecule has 0 aliphatic rings. The standard InChI is InChI=1S/C16H22N4O2S/c1-11-18-9-13(23-11)10-20-16(17-2)19-8-12-5-6-14(21-3)15(7-12)22-4/h5-7,9H,8,10H2,1-4H3,(H2,17,19,20). The number of guanidine groups is 1. The first-order valence-electron chi connectivity index (χ1n) is 7.23. The first-order chi connectivity index (χ1) is 11.2. The number of thiazole rings is 1. The smallest absolute Gasteiger partial charge is 0.191 e. The van der Waals surface area contributed by atoms with Crippen LogP contribution in [0.5, 0.6) is 11.5 Å². The Kier molecular flexibility index (Phi) is 6.22. The Labute approximate surface area is 140 Å². The van der Waals surface area contributed by atoms with Gasteiger partial charge in [0.25, 0.3) is 0 Å². The van der Waals surface area contributed by atoms with Crippen molar-refractivity contribution < 1.29 is 9.47 Å². The normalized spacial score (nSPS) is 11.2. The summed E-state index contributed by atoms with van der Waals surface area (Å²) in [6, 6.07) is 5.84. The van der Waals surface area contributed by atoms with Crippen LogP contribution >= 0.6 is 11.3 Å². The third kappa shape index (κ3) is 4.85. The van der Waals surface area contributed by atoms with Crippen molar-refractivity contribution in [1.29, 1.82) is 0 Å². The van der Waals surface area contributed by atoms with Crippen molar-refractivity contribution in [2.45, 2.75) is 20.0 Å². The molecule has 6 nitrogen and oxygen atoms in total. The fraction of sp³-hybridized carbons (Fsp3) is 0.375. The molecule has 0 atom stereocenters. The lowest BCUT2D eigenvalue weighted by atomic mass is 10.2. The summed E-state index contributed by atoms with van der Waals surface area (Å²) in [6.45, 7) is 3.34. The van der Waals surface area contributed by atoms with Gasteiger partial charge in [-0.15, -0.1) is 11.3 Å². The molecule has 1 aromatic heterocycles. The highest BCUT2D eigenvalue weighted by atomic mass is 32.1. The minimum atomic E-state index is 0.641. The van der Waals surface area contributed by atoms with E-state index in [1.165, 1.54) is 4.88 Å². The molecule has 2 aromatic rings. The first kappa shape index (κ1) is 17.1. The Morgan fingerprint density at radius 1 is 1.17 bits per heavy atom. The molecule has 0 amide bonds. The fourth-order valence-electron chi connectivity index (χ4n) is 2.05. The molecule has 0 radical (unpaired) electrons. The van der Waals surface area contributed by atoms with Crippen LogP contribution in [0, 0.1) is 6.92 Å². The third-order valence-electron chi connectivity index (χ3n) is 3.23. The van der Waals surface area contributed by atoms with Crippen LogP contribution in [-0.2, 0) is 13.1 Å². The molecule has 0 spiro atoms. The second kappa shape index (κ2) is 8.38. The molecular weight excluding hydrogens is 312 g/mol. The molecule has 0 unspecified atom stereocenters. The molecule has 23 heavy (non-hydrogen) atoms. The minimum absolute atomic E-state index is 0.641. The van der Waals surface area contributed by atoms with E-state index in [2.05, 4.69) is 20.6 Å². The van der Waals surface area contributed by atoms with Crippen molar-refractivity contribution in [3.05, 3.63) is 39.8 Å². The minimum Gasteiger partial charge on any atom is -0.493 e. The van der Waals surface area contributed by atoms with Crippen molar-refractivity contribution in [2.24, 2.45) is 4.99 Å². The van der Waals surface area contributed by atoms with E-state index in [0.717, 1.165) is 28.0 Å². The lowest BCUT2D eigenvalue weighted by Crippen LogP contribution is -2.36. The summed E-state index contributed by atoms with van der Waals surface area (Å²) >= 11 is 1.68. The molecule has 1 aromatic carbocycles. The molecular formula is C16H22N4O2S. The van der Waals surface area contributed by atoms with Crippen LogP contribution < -0.4 is 20.1 Å². The van der Waals surface area contributed by atoms with Crippen LogP contribution in [0.2, 0.25) is 0 Å². The maximum atomic E-state index is 5.31. The maximum Gasteiger partial charge on any atom is 0.191 e. The Balaban J connectivity index is 1.90. The monoisotopic (exact) mass is 334 g/mol. The number of methoxy groups -OCH3 is 2. The molecule has 0 fully saturated rings. The quantitative estimate of drug-likeness (QED) is 0.627. The van der Waals surface area contributed by atoms with E-state index in [1.54, 1.807) is 32.6 Å². The van der Waals surface area contributed by atoms with Crippen LogP contribution in [0.25, 0.3) is 0 Å². The number of ether oxygens (including phenoxy) is 2. The summed E-state index contributed by atoms with van der Waals surface area (Å²) in [7, 11) is 5.01. The Hall–Kier alpha value is -2.28. The first-order valence-corrected chi connectivity index (χ1v) is 8.04. The molecule has 2 rings (SSSR count). The topological polar surface area (TPSA) is 67.8 Å². The third-order valence-corrected chi connectivity index (χ3v) is 4.14. The number of nitrogens with one attached hydrogen (secondary N) is 2. The number of aliphatic imine (C=N–C) groups is 1. The van der Waals surface area contributed by atoms with Gasteiger partial charge in [0.2, 0.25) is 0 Å². The lowest BCUT2D eigenvalue weighted by molar-refractivity contribution is 0.354. The highest BCUT2D eigenvalue weighted by Crippen LogP contribution is 2.27. The SMILES string of the molecule is CN=C(NCc1ccc(OC)c(OC)c1)NCc1cnc(C)s1. The van der Waals surface area contributed by atoms with Crippen LogP contribution in [0.4, 0.5) is 0 Å². The number of hydrogen-bond acceptors (Lipinski definition) is 5. The van der Waals surface area contributed by atoms with Gasteiger partial charge in [-0.1, -0.05) is 6.07 Å². The average Bonchev–Trinajstić information content (AvgIpc) is 3.00. The fourth-order valence-corrected chi connectivity index (χ4v) is 2.79. The van der Waals surface area contributed by atoms with Gasteiger partial charge in [-0.05, 0) is 24.6 Å². The largest absolute Gasteiger partial charge is 0.493 e. The van der Waals surface area contributed by atoms with Crippen LogP contribution in [0.1, 0.15) is 15.4 Å². The Bertz CT molecular complexity index is 670. The van der Waals surface area contributed by atoms with E-state index in [0.29, 0.717) is 13.1 Å².